The van der Waals surface area contributed by atoms with Crippen molar-refractivity contribution in [3.63, 3.8) is 0 Å². The Bertz CT molecular complexity index is 460. The van der Waals surface area contributed by atoms with Crippen molar-refractivity contribution in [2.75, 3.05) is 13.1 Å². The van der Waals surface area contributed by atoms with E-state index in [1.807, 2.05) is 0 Å². The lowest BCUT2D eigenvalue weighted by molar-refractivity contribution is -0.132. The summed E-state index contributed by atoms with van der Waals surface area (Å²) < 4.78 is 62.0. The minimum absolute atomic E-state index is 0. The summed E-state index contributed by atoms with van der Waals surface area (Å²) in [4.78, 5) is 7.66. The molecule has 0 saturated carbocycles. The molecular weight excluding hydrogens is 424 g/mol. The fourth-order valence-corrected chi connectivity index (χ4v) is 1.46. The molecular formula is C11H17F5IN5. The highest BCUT2D eigenvalue weighted by atomic mass is 127. The lowest BCUT2D eigenvalue weighted by atomic mass is 10.4. The van der Waals surface area contributed by atoms with E-state index < -0.39 is 19.1 Å². The van der Waals surface area contributed by atoms with E-state index in [1.54, 1.807) is 6.92 Å². The first kappa shape index (κ1) is 20.9. The number of hydrogen-bond acceptors (Lipinski definition) is 2. The fourth-order valence-electron chi connectivity index (χ4n) is 1.46. The van der Waals surface area contributed by atoms with Gasteiger partial charge in [-0.1, -0.05) is 0 Å². The standard InChI is InChI=1S/C11H16F5N5.HI/c1-2-17-10(19-4-3-11(14,15)16)20-7-8-18-5-6-21(8)9(12)13;/h5-6,9H,2-4,7H2,1H3,(H2,17,19,20);1H. The van der Waals surface area contributed by atoms with Gasteiger partial charge in [-0.15, -0.1) is 24.0 Å². The molecule has 1 rings (SSSR count). The van der Waals surface area contributed by atoms with Crippen LogP contribution < -0.4 is 10.6 Å². The van der Waals surface area contributed by atoms with Gasteiger partial charge in [-0.3, -0.25) is 4.57 Å². The monoisotopic (exact) mass is 441 g/mol. The number of nitrogens with one attached hydrogen (secondary N) is 2. The van der Waals surface area contributed by atoms with Crippen molar-refractivity contribution in [1.82, 2.24) is 20.2 Å². The van der Waals surface area contributed by atoms with Gasteiger partial charge >= 0.3 is 12.7 Å². The molecule has 0 unspecified atom stereocenters. The molecule has 0 aromatic carbocycles. The molecule has 0 saturated heterocycles. The van der Waals surface area contributed by atoms with Gasteiger partial charge in [0.2, 0.25) is 0 Å². The number of hydrogen-bond donors (Lipinski definition) is 2. The van der Waals surface area contributed by atoms with Gasteiger partial charge in [0.25, 0.3) is 0 Å². The SMILES string of the molecule is CCNC(=NCc1nccn1C(F)F)NCCC(F)(F)F.I. The van der Waals surface area contributed by atoms with Crippen LogP contribution in [0.15, 0.2) is 17.4 Å². The number of aromatic nitrogens is 2. The van der Waals surface area contributed by atoms with Crippen LogP contribution in [0.3, 0.4) is 0 Å². The van der Waals surface area contributed by atoms with E-state index in [0.717, 1.165) is 6.20 Å². The second kappa shape index (κ2) is 9.79. The van der Waals surface area contributed by atoms with E-state index in [4.69, 9.17) is 0 Å². The lowest BCUT2D eigenvalue weighted by Crippen LogP contribution is -2.39. The number of aliphatic imine (C=N–C) groups is 1. The van der Waals surface area contributed by atoms with Gasteiger partial charge in [-0.25, -0.2) is 9.98 Å². The largest absolute Gasteiger partial charge is 0.390 e. The van der Waals surface area contributed by atoms with Crippen LogP contribution in [0.1, 0.15) is 25.7 Å². The molecule has 0 amide bonds. The molecule has 128 valence electrons. The zero-order chi connectivity index (χ0) is 15.9. The van der Waals surface area contributed by atoms with E-state index in [9.17, 15) is 22.0 Å². The zero-order valence-corrected chi connectivity index (χ0v) is 14.0. The fraction of sp³-hybridized carbons (Fsp3) is 0.636. The lowest BCUT2D eigenvalue weighted by Gasteiger charge is -2.12. The summed E-state index contributed by atoms with van der Waals surface area (Å²) >= 11 is 0. The van der Waals surface area contributed by atoms with E-state index >= 15 is 0 Å². The molecule has 22 heavy (non-hydrogen) atoms. The molecule has 1 aromatic rings. The quantitative estimate of drug-likeness (QED) is 0.309. The van der Waals surface area contributed by atoms with E-state index in [-0.39, 0.29) is 48.9 Å². The van der Waals surface area contributed by atoms with Gasteiger partial charge in [0.05, 0.1) is 6.42 Å². The molecule has 0 spiro atoms. The normalized spacial score (nSPS) is 12.2. The summed E-state index contributed by atoms with van der Waals surface area (Å²) in [5.74, 6) is 0.142. The number of halogens is 6. The van der Waals surface area contributed by atoms with Crippen LogP contribution in [-0.4, -0.2) is 34.8 Å². The van der Waals surface area contributed by atoms with E-state index in [2.05, 4.69) is 20.6 Å². The highest BCUT2D eigenvalue weighted by Gasteiger charge is 2.26. The first-order valence-electron chi connectivity index (χ1n) is 6.22. The average molecular weight is 441 g/mol. The predicted molar refractivity (Wildman–Crippen MR) is 82.4 cm³/mol. The molecule has 0 aliphatic carbocycles. The van der Waals surface area contributed by atoms with Crippen LogP contribution >= 0.6 is 24.0 Å². The molecule has 0 aliphatic rings. The number of rotatable bonds is 6. The average Bonchev–Trinajstić information content (AvgIpc) is 2.82. The summed E-state index contributed by atoms with van der Waals surface area (Å²) in [6, 6.07) is 0. The predicted octanol–water partition coefficient (Wildman–Crippen LogP) is 2.90. The number of imidazole rings is 1. The summed E-state index contributed by atoms with van der Waals surface area (Å²) in [7, 11) is 0. The smallest absolute Gasteiger partial charge is 0.357 e. The maximum Gasteiger partial charge on any atom is 0.390 e. The molecule has 11 heteroatoms. The Morgan fingerprint density at radius 3 is 2.59 bits per heavy atom. The number of nitrogens with zero attached hydrogens (tertiary/aromatic N) is 3. The maximum absolute atomic E-state index is 12.6. The molecule has 2 N–H and O–H groups in total. The van der Waals surface area contributed by atoms with Crippen LogP contribution in [0.5, 0.6) is 0 Å². The molecule has 0 radical (unpaired) electrons. The summed E-state index contributed by atoms with van der Waals surface area (Å²) in [5.41, 5.74) is 0. The van der Waals surface area contributed by atoms with Gasteiger partial charge in [-0.2, -0.15) is 22.0 Å². The van der Waals surface area contributed by atoms with Crippen LogP contribution in [0.25, 0.3) is 0 Å². The third-order valence-electron chi connectivity index (χ3n) is 2.38. The first-order chi connectivity index (χ1) is 9.83. The third kappa shape index (κ3) is 7.75. The van der Waals surface area contributed by atoms with Gasteiger partial charge in [-0.05, 0) is 6.92 Å². The van der Waals surface area contributed by atoms with Crippen molar-refractivity contribution < 1.29 is 22.0 Å². The van der Waals surface area contributed by atoms with Crippen molar-refractivity contribution in [2.24, 2.45) is 4.99 Å². The molecule has 5 nitrogen and oxygen atoms in total. The molecule has 1 heterocycles. The second-order valence-corrected chi connectivity index (χ2v) is 4.02. The minimum atomic E-state index is -4.27. The minimum Gasteiger partial charge on any atom is -0.357 e. The Hall–Kier alpha value is -1.14. The summed E-state index contributed by atoms with van der Waals surface area (Å²) in [5, 5.41) is 5.21. The van der Waals surface area contributed by atoms with Crippen LogP contribution in [-0.2, 0) is 6.54 Å². The van der Waals surface area contributed by atoms with Gasteiger partial charge in [0.15, 0.2) is 5.96 Å². The summed E-state index contributed by atoms with van der Waals surface area (Å²) in [6.07, 6.45) is -2.96. The topological polar surface area (TPSA) is 54.2 Å². The van der Waals surface area contributed by atoms with Gasteiger partial charge < -0.3 is 10.6 Å². The van der Waals surface area contributed by atoms with E-state index in [1.165, 1.54) is 6.20 Å². The molecule has 0 fully saturated rings. The Morgan fingerprint density at radius 2 is 2.05 bits per heavy atom. The van der Waals surface area contributed by atoms with Crippen LogP contribution in [0.2, 0.25) is 0 Å². The Morgan fingerprint density at radius 1 is 1.36 bits per heavy atom. The number of guanidine groups is 1. The zero-order valence-electron chi connectivity index (χ0n) is 11.7. The first-order valence-corrected chi connectivity index (χ1v) is 6.22. The van der Waals surface area contributed by atoms with Crippen LogP contribution in [0, 0.1) is 0 Å². The van der Waals surface area contributed by atoms with Crippen LogP contribution in [0.4, 0.5) is 22.0 Å². The van der Waals surface area contributed by atoms with Gasteiger partial charge in [0, 0.05) is 25.5 Å². The summed E-state index contributed by atoms with van der Waals surface area (Å²) in [6.45, 7) is -1.09. The molecule has 0 atom stereocenters. The Balaban J connectivity index is 0.00000441. The molecule has 0 bridgehead atoms. The van der Waals surface area contributed by atoms with Crippen molar-refractivity contribution in [3.8, 4) is 0 Å². The van der Waals surface area contributed by atoms with E-state index in [0.29, 0.717) is 11.1 Å². The number of alkyl halides is 5. The molecule has 1 aromatic heterocycles. The third-order valence-corrected chi connectivity index (χ3v) is 2.38. The van der Waals surface area contributed by atoms with Crippen molar-refractivity contribution >= 4 is 29.9 Å². The second-order valence-electron chi connectivity index (χ2n) is 4.02. The highest BCUT2D eigenvalue weighted by molar-refractivity contribution is 14.0. The van der Waals surface area contributed by atoms with Crippen molar-refractivity contribution in [3.05, 3.63) is 18.2 Å². The van der Waals surface area contributed by atoms with Crippen molar-refractivity contribution in [2.45, 2.75) is 32.6 Å². The maximum atomic E-state index is 12.6. The Labute approximate surface area is 141 Å². The Kier molecular flexibility index (Phi) is 9.28. The highest BCUT2D eigenvalue weighted by Crippen LogP contribution is 2.18. The van der Waals surface area contributed by atoms with Crippen molar-refractivity contribution in [1.29, 1.82) is 0 Å². The van der Waals surface area contributed by atoms with Gasteiger partial charge in [0.1, 0.15) is 12.4 Å². The molecule has 0 aliphatic heterocycles.